The molecule has 134 valence electrons. The third-order valence-electron chi connectivity index (χ3n) is 5.29. The van der Waals surface area contributed by atoms with Crippen molar-refractivity contribution >= 4 is 11.6 Å². The number of benzene rings is 2. The first-order valence-electron chi connectivity index (χ1n) is 8.95. The van der Waals surface area contributed by atoms with Crippen molar-refractivity contribution in [1.82, 2.24) is 5.01 Å². The summed E-state index contributed by atoms with van der Waals surface area (Å²) >= 11 is 0. The lowest BCUT2D eigenvalue weighted by Gasteiger charge is -2.29. The highest BCUT2D eigenvalue weighted by Gasteiger charge is 2.43. The van der Waals surface area contributed by atoms with Gasteiger partial charge in [-0.05, 0) is 54.3 Å². The molecule has 0 unspecified atom stereocenters. The molecule has 0 aromatic heterocycles. The average Bonchev–Trinajstić information content (AvgIpc) is 3.07. The van der Waals surface area contributed by atoms with E-state index < -0.39 is 0 Å². The van der Waals surface area contributed by atoms with Crippen molar-refractivity contribution in [3.8, 4) is 5.75 Å². The number of nitrogens with zero attached hydrogens (tertiary/aromatic N) is 2. The summed E-state index contributed by atoms with van der Waals surface area (Å²) in [7, 11) is 1.66. The molecule has 26 heavy (non-hydrogen) atoms. The molecule has 5 heteroatoms. The fourth-order valence-corrected chi connectivity index (χ4v) is 3.99. The van der Waals surface area contributed by atoms with Gasteiger partial charge in [-0.1, -0.05) is 19.1 Å². The average molecular weight is 352 g/mol. The first kappa shape index (κ1) is 16.8. The normalized spacial score (nSPS) is 21.0. The van der Waals surface area contributed by atoms with Gasteiger partial charge in [0.15, 0.2) is 0 Å². The molecule has 0 fully saturated rings. The maximum atomic E-state index is 13.4. The van der Waals surface area contributed by atoms with E-state index in [1.165, 1.54) is 17.7 Å². The molecule has 1 amide bonds. The van der Waals surface area contributed by atoms with E-state index in [-0.39, 0.29) is 23.7 Å². The first-order valence-corrected chi connectivity index (χ1v) is 8.95. The molecule has 2 aliphatic rings. The second-order valence-electron chi connectivity index (χ2n) is 6.74. The van der Waals surface area contributed by atoms with E-state index in [1.807, 2.05) is 25.1 Å². The highest BCUT2D eigenvalue weighted by molar-refractivity contribution is 6.07. The number of ether oxygens (including phenoxy) is 1. The van der Waals surface area contributed by atoms with Crippen LogP contribution in [0.3, 0.4) is 0 Å². The van der Waals surface area contributed by atoms with E-state index in [2.05, 4.69) is 0 Å². The number of carbonyl (C=O) groups is 1. The molecule has 0 radical (unpaired) electrons. The van der Waals surface area contributed by atoms with Gasteiger partial charge in [0.1, 0.15) is 11.6 Å². The van der Waals surface area contributed by atoms with Crippen LogP contribution in [0.4, 0.5) is 4.39 Å². The number of rotatable bonds is 3. The van der Waals surface area contributed by atoms with Crippen molar-refractivity contribution in [3.63, 3.8) is 0 Å². The molecule has 0 saturated heterocycles. The molecule has 0 saturated carbocycles. The molecule has 2 aromatic rings. The zero-order valence-corrected chi connectivity index (χ0v) is 14.9. The van der Waals surface area contributed by atoms with Crippen molar-refractivity contribution in [2.45, 2.75) is 32.2 Å². The van der Waals surface area contributed by atoms with Gasteiger partial charge in [-0.15, -0.1) is 0 Å². The zero-order valence-electron chi connectivity index (χ0n) is 14.9. The van der Waals surface area contributed by atoms with E-state index >= 15 is 0 Å². The van der Waals surface area contributed by atoms with Gasteiger partial charge in [0.2, 0.25) is 5.91 Å². The first-order chi connectivity index (χ1) is 12.6. The maximum Gasteiger partial charge on any atom is 0.242 e. The van der Waals surface area contributed by atoms with Crippen LogP contribution in [0, 0.1) is 11.7 Å². The molecule has 1 aliphatic heterocycles. The van der Waals surface area contributed by atoms with Gasteiger partial charge < -0.3 is 4.74 Å². The fraction of sp³-hybridized carbons (Fsp3) is 0.333. The van der Waals surface area contributed by atoms with Gasteiger partial charge in [0.25, 0.3) is 0 Å². The Hall–Kier alpha value is -2.69. The smallest absolute Gasteiger partial charge is 0.242 e. The summed E-state index contributed by atoms with van der Waals surface area (Å²) in [4.78, 5) is 12.5. The van der Waals surface area contributed by atoms with Gasteiger partial charge in [-0.2, -0.15) is 5.10 Å². The van der Waals surface area contributed by atoms with Crippen LogP contribution >= 0.6 is 0 Å². The number of carbonyl (C=O) groups excluding carboxylic acids is 1. The van der Waals surface area contributed by atoms with Gasteiger partial charge in [-0.25, -0.2) is 9.40 Å². The standard InChI is InChI=1S/C21H21FN2O2/c1-3-19(25)24-21(13-4-7-15(22)8-5-13)18-10-6-14-12-16(26-2)9-11-17(14)20(18)23-24/h4-5,7-9,11-12,18,21H,3,6,10H2,1-2H3/t18-,21+/m1/s1. The van der Waals surface area contributed by atoms with Crippen molar-refractivity contribution in [2.24, 2.45) is 11.0 Å². The van der Waals surface area contributed by atoms with Crippen molar-refractivity contribution in [3.05, 3.63) is 65.0 Å². The quantitative estimate of drug-likeness (QED) is 0.835. The van der Waals surface area contributed by atoms with E-state index in [1.54, 1.807) is 24.3 Å². The Morgan fingerprint density at radius 3 is 2.73 bits per heavy atom. The molecule has 0 N–H and O–H groups in total. The Morgan fingerprint density at radius 2 is 2.04 bits per heavy atom. The summed E-state index contributed by atoms with van der Waals surface area (Å²) in [6, 6.07) is 12.3. The van der Waals surface area contributed by atoms with Crippen LogP contribution in [0.2, 0.25) is 0 Å². The van der Waals surface area contributed by atoms with Crippen LogP contribution in [0.5, 0.6) is 5.75 Å². The molecule has 0 spiro atoms. The van der Waals surface area contributed by atoms with Crippen LogP contribution in [0.15, 0.2) is 47.6 Å². The highest BCUT2D eigenvalue weighted by Crippen LogP contribution is 2.44. The molecular formula is C21H21FN2O2. The number of fused-ring (bicyclic) bond motifs is 3. The van der Waals surface area contributed by atoms with Crippen LogP contribution in [-0.2, 0) is 11.2 Å². The Morgan fingerprint density at radius 1 is 1.27 bits per heavy atom. The lowest BCUT2D eigenvalue weighted by atomic mass is 9.77. The molecule has 0 bridgehead atoms. The molecule has 2 aromatic carbocycles. The van der Waals surface area contributed by atoms with Crippen LogP contribution in [0.25, 0.3) is 0 Å². The predicted octanol–water partition coefficient (Wildman–Crippen LogP) is 4.09. The largest absolute Gasteiger partial charge is 0.497 e. The van der Waals surface area contributed by atoms with E-state index in [4.69, 9.17) is 9.84 Å². The summed E-state index contributed by atoms with van der Waals surface area (Å²) in [6.45, 7) is 1.84. The number of aryl methyl sites for hydroxylation is 1. The summed E-state index contributed by atoms with van der Waals surface area (Å²) in [5.41, 5.74) is 4.16. The van der Waals surface area contributed by atoms with Crippen molar-refractivity contribution < 1.29 is 13.9 Å². The van der Waals surface area contributed by atoms with Crippen LogP contribution in [-0.4, -0.2) is 23.7 Å². The summed E-state index contributed by atoms with van der Waals surface area (Å²) in [6.07, 6.45) is 2.19. The number of hydrogen-bond acceptors (Lipinski definition) is 3. The third kappa shape index (κ3) is 2.68. The number of hydrogen-bond donors (Lipinski definition) is 0. The minimum atomic E-state index is -0.276. The van der Waals surface area contributed by atoms with E-state index in [0.29, 0.717) is 6.42 Å². The van der Waals surface area contributed by atoms with Gasteiger partial charge in [-0.3, -0.25) is 4.79 Å². The molecule has 1 heterocycles. The Labute approximate surface area is 152 Å². The minimum Gasteiger partial charge on any atom is -0.497 e. The van der Waals surface area contributed by atoms with Crippen molar-refractivity contribution in [1.29, 1.82) is 0 Å². The topological polar surface area (TPSA) is 41.9 Å². The highest BCUT2D eigenvalue weighted by atomic mass is 19.1. The fourth-order valence-electron chi connectivity index (χ4n) is 3.99. The van der Waals surface area contributed by atoms with Gasteiger partial charge >= 0.3 is 0 Å². The zero-order chi connectivity index (χ0) is 18.3. The predicted molar refractivity (Wildman–Crippen MR) is 97.6 cm³/mol. The third-order valence-corrected chi connectivity index (χ3v) is 5.29. The lowest BCUT2D eigenvalue weighted by Crippen LogP contribution is -2.31. The SMILES string of the molecule is CCC(=O)N1N=C2c3ccc(OC)cc3CC[C@H]2[C@@H]1c1ccc(F)cc1. The number of methoxy groups -OCH3 is 1. The second-order valence-corrected chi connectivity index (χ2v) is 6.74. The minimum absolute atomic E-state index is 0.0173. The van der Waals surface area contributed by atoms with E-state index in [9.17, 15) is 9.18 Å². The summed E-state index contributed by atoms with van der Waals surface area (Å²) < 4.78 is 18.7. The van der Waals surface area contributed by atoms with Gasteiger partial charge in [0, 0.05) is 17.9 Å². The summed E-state index contributed by atoms with van der Waals surface area (Å²) in [5, 5.41) is 6.33. The van der Waals surface area contributed by atoms with Crippen molar-refractivity contribution in [2.75, 3.05) is 7.11 Å². The van der Waals surface area contributed by atoms with Crippen LogP contribution in [0.1, 0.15) is 42.5 Å². The Balaban J connectivity index is 1.78. The Bertz CT molecular complexity index is 876. The molecular weight excluding hydrogens is 331 g/mol. The van der Waals surface area contributed by atoms with Crippen LogP contribution < -0.4 is 4.74 Å². The number of hydrazone groups is 1. The second kappa shape index (κ2) is 6.56. The molecule has 4 nitrogen and oxygen atoms in total. The molecule has 4 rings (SSSR count). The number of halogens is 1. The lowest BCUT2D eigenvalue weighted by molar-refractivity contribution is -0.133. The molecule has 2 atom stereocenters. The number of amides is 1. The van der Waals surface area contributed by atoms with E-state index in [0.717, 1.165) is 35.4 Å². The summed E-state index contributed by atoms with van der Waals surface area (Å²) in [5.74, 6) is 0.660. The maximum absolute atomic E-state index is 13.4. The Kier molecular flexibility index (Phi) is 4.23. The molecule has 1 aliphatic carbocycles. The van der Waals surface area contributed by atoms with Gasteiger partial charge in [0.05, 0.1) is 18.9 Å². The monoisotopic (exact) mass is 352 g/mol.